The van der Waals surface area contributed by atoms with E-state index in [2.05, 4.69) is 0 Å². The normalized spacial score (nSPS) is 12.0. The molecule has 0 bridgehead atoms. The summed E-state index contributed by atoms with van der Waals surface area (Å²) in [5.41, 5.74) is 0.650. The lowest BCUT2D eigenvalue weighted by molar-refractivity contribution is -0.509. The second-order valence-corrected chi connectivity index (χ2v) is 2.83. The average Bonchev–Trinajstić information content (AvgIpc) is 2.15. The zero-order chi connectivity index (χ0) is 10.6. The Balaban J connectivity index is 2.75. The van der Waals surface area contributed by atoms with Crippen molar-refractivity contribution in [3.63, 3.8) is 0 Å². The van der Waals surface area contributed by atoms with E-state index < -0.39 is 16.9 Å². The third-order valence-corrected chi connectivity index (χ3v) is 1.81. The van der Waals surface area contributed by atoms with Gasteiger partial charge < -0.3 is 5.11 Å². The summed E-state index contributed by atoms with van der Waals surface area (Å²) in [6.45, 7) is 0. The number of carbonyl (C=O) groups is 1. The fraction of sp³-hybridized carbons (Fsp3) is 0.222. The lowest BCUT2D eigenvalue weighted by Gasteiger charge is -2.03. The van der Waals surface area contributed by atoms with Crippen molar-refractivity contribution >= 4 is 5.97 Å². The second kappa shape index (κ2) is 4.36. The van der Waals surface area contributed by atoms with E-state index in [1.165, 1.54) is 0 Å². The molecule has 0 aliphatic rings. The van der Waals surface area contributed by atoms with E-state index in [1.807, 2.05) is 0 Å². The number of nitrogens with zero attached hydrogens (tertiary/aromatic N) is 1. The van der Waals surface area contributed by atoms with E-state index in [4.69, 9.17) is 5.11 Å². The molecular weight excluding hydrogens is 186 g/mol. The van der Waals surface area contributed by atoms with E-state index in [0.29, 0.717) is 5.56 Å². The highest BCUT2D eigenvalue weighted by Crippen LogP contribution is 2.05. The zero-order valence-electron chi connectivity index (χ0n) is 7.29. The Labute approximate surface area is 80.1 Å². The van der Waals surface area contributed by atoms with Crippen LogP contribution in [-0.4, -0.2) is 22.0 Å². The van der Waals surface area contributed by atoms with Gasteiger partial charge in [-0.15, -0.1) is 0 Å². The van der Waals surface area contributed by atoms with Gasteiger partial charge in [0.15, 0.2) is 0 Å². The third kappa shape index (κ3) is 2.55. The van der Waals surface area contributed by atoms with E-state index in [0.717, 1.165) is 0 Å². The zero-order valence-corrected chi connectivity index (χ0v) is 7.29. The minimum absolute atomic E-state index is 0.0802. The first kappa shape index (κ1) is 10.2. The SMILES string of the molecule is O=C(O)C(Cc1ccccc1)[N+](=O)[O-]. The van der Waals surface area contributed by atoms with Gasteiger partial charge in [-0.05, 0) is 5.56 Å². The van der Waals surface area contributed by atoms with Gasteiger partial charge >= 0.3 is 12.0 Å². The van der Waals surface area contributed by atoms with E-state index in [-0.39, 0.29) is 6.42 Å². The Morgan fingerprint density at radius 3 is 2.43 bits per heavy atom. The molecule has 5 heteroatoms. The monoisotopic (exact) mass is 195 g/mol. The van der Waals surface area contributed by atoms with Gasteiger partial charge in [0.1, 0.15) is 0 Å². The van der Waals surface area contributed by atoms with Crippen molar-refractivity contribution in [2.75, 3.05) is 0 Å². The number of hydrogen-bond donors (Lipinski definition) is 1. The second-order valence-electron chi connectivity index (χ2n) is 2.83. The van der Waals surface area contributed by atoms with Crippen LogP contribution in [0.15, 0.2) is 30.3 Å². The standard InChI is InChI=1S/C9H9NO4/c11-9(12)8(10(13)14)6-7-4-2-1-3-5-7/h1-5,8H,6H2,(H,11,12). The molecule has 1 atom stereocenters. The van der Waals surface area contributed by atoms with Gasteiger partial charge in [0, 0.05) is 4.92 Å². The molecule has 0 saturated heterocycles. The smallest absolute Gasteiger partial charge is 0.379 e. The molecule has 5 nitrogen and oxygen atoms in total. The molecule has 1 aromatic rings. The average molecular weight is 195 g/mol. The van der Waals surface area contributed by atoms with Gasteiger partial charge in [-0.3, -0.25) is 10.1 Å². The van der Waals surface area contributed by atoms with Gasteiger partial charge in [-0.2, -0.15) is 0 Å². The van der Waals surface area contributed by atoms with Gasteiger partial charge in [0.2, 0.25) is 0 Å². The van der Waals surface area contributed by atoms with Crippen LogP contribution in [0.25, 0.3) is 0 Å². The Kier molecular flexibility index (Phi) is 3.17. The van der Waals surface area contributed by atoms with Crippen molar-refractivity contribution in [3.05, 3.63) is 46.0 Å². The molecule has 0 spiro atoms. The van der Waals surface area contributed by atoms with Gasteiger partial charge in [0.25, 0.3) is 0 Å². The van der Waals surface area contributed by atoms with Crippen LogP contribution in [0, 0.1) is 10.1 Å². The highest BCUT2D eigenvalue weighted by atomic mass is 16.6. The van der Waals surface area contributed by atoms with E-state index >= 15 is 0 Å². The Hall–Kier alpha value is -1.91. The minimum Gasteiger partial charge on any atom is -0.476 e. The van der Waals surface area contributed by atoms with Crippen LogP contribution in [0.4, 0.5) is 0 Å². The maximum Gasteiger partial charge on any atom is 0.379 e. The number of nitro groups is 1. The van der Waals surface area contributed by atoms with Gasteiger partial charge in [-0.25, -0.2) is 4.79 Å². The predicted molar refractivity (Wildman–Crippen MR) is 48.6 cm³/mol. The molecule has 1 unspecified atom stereocenters. The first-order valence-corrected chi connectivity index (χ1v) is 4.01. The number of carboxylic acid groups (broad SMARTS) is 1. The number of rotatable bonds is 4. The molecule has 0 aliphatic carbocycles. The van der Waals surface area contributed by atoms with Crippen LogP contribution in [0.3, 0.4) is 0 Å². The fourth-order valence-electron chi connectivity index (χ4n) is 1.09. The molecule has 0 fully saturated rings. The van der Waals surface area contributed by atoms with Crippen molar-refractivity contribution in [2.45, 2.75) is 12.5 Å². The summed E-state index contributed by atoms with van der Waals surface area (Å²) in [5, 5.41) is 18.9. The van der Waals surface area contributed by atoms with Crippen LogP contribution in [0.5, 0.6) is 0 Å². The summed E-state index contributed by atoms with van der Waals surface area (Å²) >= 11 is 0. The molecule has 0 radical (unpaired) electrons. The molecule has 0 heterocycles. The van der Waals surface area contributed by atoms with Crippen LogP contribution in [0.2, 0.25) is 0 Å². The number of benzene rings is 1. The molecule has 0 aromatic heterocycles. The first-order valence-electron chi connectivity index (χ1n) is 4.01. The van der Waals surface area contributed by atoms with E-state index in [1.54, 1.807) is 30.3 Å². The molecule has 0 amide bonds. The minimum atomic E-state index is -1.56. The summed E-state index contributed by atoms with van der Waals surface area (Å²) in [4.78, 5) is 20.1. The summed E-state index contributed by atoms with van der Waals surface area (Å²) < 4.78 is 0. The summed E-state index contributed by atoms with van der Waals surface area (Å²) in [7, 11) is 0. The molecule has 1 rings (SSSR count). The topological polar surface area (TPSA) is 80.4 Å². The Morgan fingerprint density at radius 2 is 2.00 bits per heavy atom. The lowest BCUT2D eigenvalue weighted by atomic mass is 10.1. The van der Waals surface area contributed by atoms with Crippen molar-refractivity contribution in [1.82, 2.24) is 0 Å². The highest BCUT2D eigenvalue weighted by molar-refractivity contribution is 5.72. The van der Waals surface area contributed by atoms with Crippen molar-refractivity contribution < 1.29 is 14.8 Å². The quantitative estimate of drug-likeness (QED) is 0.573. The molecule has 0 aliphatic heterocycles. The van der Waals surface area contributed by atoms with E-state index in [9.17, 15) is 14.9 Å². The lowest BCUT2D eigenvalue weighted by Crippen LogP contribution is -2.31. The van der Waals surface area contributed by atoms with Crippen LogP contribution in [0.1, 0.15) is 5.56 Å². The Bertz CT molecular complexity index is 322. The summed E-state index contributed by atoms with van der Waals surface area (Å²) in [5.74, 6) is -1.40. The summed E-state index contributed by atoms with van der Waals surface area (Å²) in [6.07, 6.45) is -0.0802. The number of carboxylic acids is 1. The maximum atomic E-state index is 10.5. The molecule has 0 saturated carbocycles. The van der Waals surface area contributed by atoms with Crippen LogP contribution in [-0.2, 0) is 11.2 Å². The summed E-state index contributed by atoms with van der Waals surface area (Å²) in [6, 6.07) is 6.98. The molecule has 1 N–H and O–H groups in total. The molecule has 1 aromatic carbocycles. The first-order chi connectivity index (χ1) is 6.61. The van der Waals surface area contributed by atoms with Gasteiger partial charge in [-0.1, -0.05) is 30.3 Å². The van der Waals surface area contributed by atoms with Crippen molar-refractivity contribution in [3.8, 4) is 0 Å². The van der Waals surface area contributed by atoms with Gasteiger partial charge in [0.05, 0.1) is 6.42 Å². The van der Waals surface area contributed by atoms with Crippen LogP contribution < -0.4 is 0 Å². The largest absolute Gasteiger partial charge is 0.476 e. The Morgan fingerprint density at radius 1 is 1.43 bits per heavy atom. The third-order valence-electron chi connectivity index (χ3n) is 1.81. The fourth-order valence-corrected chi connectivity index (χ4v) is 1.09. The molecule has 14 heavy (non-hydrogen) atoms. The molecular formula is C9H9NO4. The number of hydrogen-bond acceptors (Lipinski definition) is 3. The maximum absolute atomic E-state index is 10.5. The molecule has 74 valence electrons. The highest BCUT2D eigenvalue weighted by Gasteiger charge is 2.28. The van der Waals surface area contributed by atoms with Crippen LogP contribution >= 0.6 is 0 Å². The predicted octanol–water partition coefficient (Wildman–Crippen LogP) is 0.959. The van der Waals surface area contributed by atoms with Crippen molar-refractivity contribution in [2.24, 2.45) is 0 Å². The van der Waals surface area contributed by atoms with Crippen molar-refractivity contribution in [1.29, 1.82) is 0 Å². The number of aliphatic carboxylic acids is 1.